The molecule has 0 aromatic carbocycles. The van der Waals surface area contributed by atoms with E-state index in [0.717, 1.165) is 18.5 Å². The van der Waals surface area contributed by atoms with Crippen molar-refractivity contribution in [2.24, 2.45) is 5.92 Å². The Hall–Kier alpha value is -1.10. The Morgan fingerprint density at radius 2 is 2.12 bits per heavy atom. The highest BCUT2D eigenvalue weighted by molar-refractivity contribution is 7.19. The maximum absolute atomic E-state index is 11.6. The molecule has 16 heavy (non-hydrogen) atoms. The number of nitrogens with two attached hydrogens (primary N) is 1. The van der Waals surface area contributed by atoms with E-state index in [2.05, 4.69) is 31.1 Å². The van der Waals surface area contributed by atoms with Crippen LogP contribution in [0.1, 0.15) is 39.3 Å². The molecule has 0 aliphatic heterocycles. The Labute approximate surface area is 99.3 Å². The zero-order valence-electron chi connectivity index (χ0n) is 9.83. The zero-order valence-corrected chi connectivity index (χ0v) is 10.6. The average molecular weight is 239 g/mol. The number of anilines is 2. The smallest absolute Gasteiger partial charge is 0.229 e. The van der Waals surface area contributed by atoms with Crippen LogP contribution in [0.2, 0.25) is 0 Å². The molecule has 1 amide bonds. The lowest BCUT2D eigenvalue weighted by molar-refractivity contribution is -0.117. The predicted molar refractivity (Wildman–Crippen MR) is 66.6 cm³/mol. The van der Waals surface area contributed by atoms with Crippen molar-refractivity contribution in [1.82, 2.24) is 4.98 Å². The van der Waals surface area contributed by atoms with Crippen molar-refractivity contribution < 1.29 is 4.79 Å². The normalized spacial score (nSPS) is 16.2. The first-order valence-corrected chi connectivity index (χ1v) is 6.27. The second-order valence-electron chi connectivity index (χ2n) is 5.25. The van der Waals surface area contributed by atoms with Crippen LogP contribution in [0.5, 0.6) is 0 Å². The highest BCUT2D eigenvalue weighted by atomic mass is 32.1. The maximum Gasteiger partial charge on any atom is 0.229 e. The summed E-state index contributed by atoms with van der Waals surface area (Å²) >= 11 is 1.35. The van der Waals surface area contributed by atoms with E-state index in [1.54, 1.807) is 0 Å². The number of hydrogen-bond donors (Lipinski definition) is 2. The number of hydrogen-bond acceptors (Lipinski definition) is 4. The highest BCUT2D eigenvalue weighted by Gasteiger charge is 2.31. The molecule has 0 saturated heterocycles. The molecule has 3 N–H and O–H groups in total. The van der Waals surface area contributed by atoms with Crippen LogP contribution < -0.4 is 11.1 Å². The van der Waals surface area contributed by atoms with Gasteiger partial charge in [-0.3, -0.25) is 4.79 Å². The maximum atomic E-state index is 11.6. The van der Waals surface area contributed by atoms with Crippen LogP contribution in [-0.2, 0) is 10.2 Å². The van der Waals surface area contributed by atoms with E-state index in [-0.39, 0.29) is 17.2 Å². The number of carbonyl (C=O) groups is 1. The minimum atomic E-state index is -0.0802. The molecule has 1 heterocycles. The summed E-state index contributed by atoms with van der Waals surface area (Å²) in [7, 11) is 0. The van der Waals surface area contributed by atoms with Gasteiger partial charge < -0.3 is 11.1 Å². The Morgan fingerprint density at radius 1 is 1.50 bits per heavy atom. The Bertz CT molecular complexity index is 415. The lowest BCUT2D eigenvalue weighted by Gasteiger charge is -2.15. The Morgan fingerprint density at radius 3 is 2.56 bits per heavy atom. The molecule has 5 heteroatoms. The summed E-state index contributed by atoms with van der Waals surface area (Å²) in [4.78, 5) is 16.0. The molecule has 1 aliphatic carbocycles. The van der Waals surface area contributed by atoms with Crippen molar-refractivity contribution in [1.29, 1.82) is 0 Å². The summed E-state index contributed by atoms with van der Waals surface area (Å²) in [6.07, 6.45) is 2.00. The molecular weight excluding hydrogens is 222 g/mol. The van der Waals surface area contributed by atoms with Gasteiger partial charge in [0.25, 0.3) is 0 Å². The van der Waals surface area contributed by atoms with Gasteiger partial charge in [0.15, 0.2) is 5.13 Å². The van der Waals surface area contributed by atoms with Crippen molar-refractivity contribution in [3.05, 3.63) is 5.69 Å². The average Bonchev–Trinajstić information content (AvgIpc) is 2.90. The molecule has 1 saturated carbocycles. The number of carbonyl (C=O) groups excluding carboxylic acids is 1. The number of rotatable bonds is 2. The van der Waals surface area contributed by atoms with E-state index in [0.29, 0.717) is 10.1 Å². The van der Waals surface area contributed by atoms with Gasteiger partial charge in [-0.1, -0.05) is 32.1 Å². The number of amides is 1. The summed E-state index contributed by atoms with van der Waals surface area (Å²) in [6.45, 7) is 6.18. The summed E-state index contributed by atoms with van der Waals surface area (Å²) in [6, 6.07) is 0. The number of thiazole rings is 1. The van der Waals surface area contributed by atoms with E-state index in [9.17, 15) is 4.79 Å². The lowest BCUT2D eigenvalue weighted by atomic mass is 9.93. The SMILES string of the molecule is CC(C)(C)c1nc(NC(=O)C2CC2)sc1N. The van der Waals surface area contributed by atoms with Gasteiger partial charge in [-0.15, -0.1) is 0 Å². The van der Waals surface area contributed by atoms with Crippen LogP contribution in [0.15, 0.2) is 0 Å². The van der Waals surface area contributed by atoms with Gasteiger partial charge >= 0.3 is 0 Å². The fourth-order valence-electron chi connectivity index (χ4n) is 1.48. The van der Waals surface area contributed by atoms with Crippen LogP contribution in [0.4, 0.5) is 10.1 Å². The van der Waals surface area contributed by atoms with E-state index >= 15 is 0 Å². The van der Waals surface area contributed by atoms with Crippen molar-refractivity contribution >= 4 is 27.4 Å². The largest absolute Gasteiger partial charge is 0.389 e. The first-order valence-electron chi connectivity index (χ1n) is 5.45. The molecule has 2 rings (SSSR count). The standard InChI is InChI=1S/C11H17N3OS/c1-11(2,3)7-8(12)16-10(13-7)14-9(15)6-4-5-6/h6H,4-5,12H2,1-3H3,(H,13,14,15). The van der Waals surface area contributed by atoms with Gasteiger partial charge in [-0.25, -0.2) is 4.98 Å². The topological polar surface area (TPSA) is 68.0 Å². The summed E-state index contributed by atoms with van der Waals surface area (Å²) in [5, 5.41) is 4.14. The van der Waals surface area contributed by atoms with Crippen LogP contribution in [0, 0.1) is 5.92 Å². The third-order valence-corrected chi connectivity index (χ3v) is 3.34. The number of nitrogens with one attached hydrogen (secondary N) is 1. The van der Waals surface area contributed by atoms with E-state index in [1.165, 1.54) is 11.3 Å². The minimum Gasteiger partial charge on any atom is -0.389 e. The lowest BCUT2D eigenvalue weighted by Crippen LogP contribution is -2.15. The third kappa shape index (κ3) is 2.35. The molecule has 1 aromatic rings. The van der Waals surface area contributed by atoms with Crippen molar-refractivity contribution in [3.63, 3.8) is 0 Å². The van der Waals surface area contributed by atoms with Crippen LogP contribution >= 0.6 is 11.3 Å². The first kappa shape index (κ1) is 11.4. The summed E-state index contributed by atoms with van der Waals surface area (Å²) in [5.41, 5.74) is 6.68. The molecule has 0 spiro atoms. The first-order chi connectivity index (χ1) is 7.38. The molecule has 1 aromatic heterocycles. The summed E-state index contributed by atoms with van der Waals surface area (Å²) in [5.74, 6) is 0.275. The predicted octanol–water partition coefficient (Wildman–Crippen LogP) is 2.37. The van der Waals surface area contributed by atoms with Gasteiger partial charge in [-0.05, 0) is 12.8 Å². The van der Waals surface area contributed by atoms with E-state index < -0.39 is 0 Å². The van der Waals surface area contributed by atoms with Gasteiger partial charge in [-0.2, -0.15) is 0 Å². The van der Waals surface area contributed by atoms with Crippen LogP contribution in [-0.4, -0.2) is 10.9 Å². The molecule has 88 valence electrons. The highest BCUT2D eigenvalue weighted by Crippen LogP contribution is 2.35. The van der Waals surface area contributed by atoms with E-state index in [1.807, 2.05) is 0 Å². The fraction of sp³-hybridized carbons (Fsp3) is 0.636. The Balaban J connectivity index is 2.14. The van der Waals surface area contributed by atoms with Crippen molar-refractivity contribution in [3.8, 4) is 0 Å². The van der Waals surface area contributed by atoms with Crippen molar-refractivity contribution in [2.75, 3.05) is 11.1 Å². The molecular formula is C11H17N3OS. The number of aromatic nitrogens is 1. The van der Waals surface area contributed by atoms with Crippen LogP contribution in [0.3, 0.4) is 0 Å². The fourth-order valence-corrected chi connectivity index (χ4v) is 2.42. The summed E-state index contributed by atoms with van der Waals surface area (Å²) < 4.78 is 0. The number of nitrogen functional groups attached to an aromatic ring is 1. The number of nitrogens with zero attached hydrogens (tertiary/aromatic N) is 1. The minimum absolute atomic E-state index is 0.0780. The third-order valence-electron chi connectivity index (χ3n) is 2.54. The van der Waals surface area contributed by atoms with Gasteiger partial charge in [0.2, 0.25) is 5.91 Å². The molecule has 0 unspecified atom stereocenters. The van der Waals surface area contributed by atoms with Gasteiger partial charge in [0.05, 0.1) is 5.69 Å². The molecule has 1 fully saturated rings. The Kier molecular flexibility index (Phi) is 2.66. The van der Waals surface area contributed by atoms with Crippen LogP contribution in [0.25, 0.3) is 0 Å². The van der Waals surface area contributed by atoms with E-state index in [4.69, 9.17) is 5.73 Å². The quantitative estimate of drug-likeness (QED) is 0.832. The molecule has 1 aliphatic rings. The van der Waals surface area contributed by atoms with Gasteiger partial charge in [0, 0.05) is 11.3 Å². The van der Waals surface area contributed by atoms with Gasteiger partial charge in [0.1, 0.15) is 5.00 Å². The zero-order chi connectivity index (χ0) is 11.9. The monoisotopic (exact) mass is 239 g/mol. The molecule has 0 atom stereocenters. The van der Waals surface area contributed by atoms with Crippen molar-refractivity contribution in [2.45, 2.75) is 39.0 Å². The molecule has 4 nitrogen and oxygen atoms in total. The molecule has 0 bridgehead atoms. The molecule has 0 radical (unpaired) electrons. The second kappa shape index (κ2) is 3.73. The second-order valence-corrected chi connectivity index (χ2v) is 6.28.